The zero-order chi connectivity index (χ0) is 17.6. The first-order chi connectivity index (χ1) is 12.2. The molecular weight excluding hydrogens is 316 g/mol. The molecule has 0 saturated heterocycles. The molecule has 2 aromatic rings. The Hall–Kier alpha value is -2.34. The topological polar surface area (TPSA) is 68.2 Å². The highest BCUT2D eigenvalue weighted by Gasteiger charge is 2.22. The minimum atomic E-state index is -0.132. The van der Waals surface area contributed by atoms with Crippen LogP contribution in [0.5, 0.6) is 5.75 Å². The number of hydrogen-bond acceptors (Lipinski definition) is 4. The number of carbonyl (C=O) groups excluding carboxylic acids is 1. The molecule has 0 bridgehead atoms. The number of hydrogen-bond donors (Lipinski definition) is 2. The first-order valence-electron chi connectivity index (χ1n) is 8.83. The summed E-state index contributed by atoms with van der Waals surface area (Å²) in [5.41, 5.74) is 2.15. The average Bonchev–Trinajstić information content (AvgIpc) is 3.01. The number of benzene rings is 1. The van der Waals surface area contributed by atoms with Gasteiger partial charge in [0.2, 0.25) is 0 Å². The lowest BCUT2D eigenvalue weighted by molar-refractivity contribution is -0.122. The molecule has 1 amide bonds. The zero-order valence-corrected chi connectivity index (χ0v) is 14.9. The van der Waals surface area contributed by atoms with Crippen LogP contribution in [0.25, 0.3) is 0 Å². The summed E-state index contributed by atoms with van der Waals surface area (Å²) in [6, 6.07) is 7.83. The average molecular weight is 342 g/mol. The number of carbonyl (C=O) groups is 1. The monoisotopic (exact) mass is 342 g/mol. The lowest BCUT2D eigenvalue weighted by atomic mass is 9.99. The van der Waals surface area contributed by atoms with Crippen LogP contribution in [0.1, 0.15) is 35.8 Å². The van der Waals surface area contributed by atoms with Gasteiger partial charge in [-0.05, 0) is 25.8 Å². The molecule has 2 heterocycles. The maximum Gasteiger partial charge on any atom is 0.257 e. The zero-order valence-electron chi connectivity index (χ0n) is 14.9. The smallest absolute Gasteiger partial charge is 0.257 e. The van der Waals surface area contributed by atoms with Crippen molar-refractivity contribution in [2.75, 3.05) is 20.2 Å². The largest absolute Gasteiger partial charge is 0.483 e. The Bertz CT molecular complexity index is 726. The molecule has 0 radical (unpaired) electrons. The Labute approximate surface area is 148 Å². The fraction of sp³-hybridized carbons (Fsp3) is 0.474. The van der Waals surface area contributed by atoms with Gasteiger partial charge in [-0.1, -0.05) is 18.2 Å². The van der Waals surface area contributed by atoms with E-state index in [1.54, 1.807) is 7.05 Å². The van der Waals surface area contributed by atoms with E-state index in [9.17, 15) is 4.79 Å². The number of rotatable bonds is 7. The van der Waals surface area contributed by atoms with Gasteiger partial charge in [0.1, 0.15) is 11.6 Å². The van der Waals surface area contributed by atoms with Crippen molar-refractivity contribution < 1.29 is 9.53 Å². The number of fused-ring (bicyclic) bond motifs is 1. The van der Waals surface area contributed by atoms with Gasteiger partial charge in [-0.15, -0.1) is 0 Å². The molecule has 0 aliphatic carbocycles. The van der Waals surface area contributed by atoms with Crippen molar-refractivity contribution in [1.29, 1.82) is 0 Å². The molecule has 1 aromatic heterocycles. The third kappa shape index (κ3) is 4.39. The normalized spacial score (nSPS) is 16.3. The van der Waals surface area contributed by atoms with Crippen molar-refractivity contribution in [3.8, 4) is 5.75 Å². The fourth-order valence-corrected chi connectivity index (χ4v) is 3.29. The highest BCUT2D eigenvalue weighted by molar-refractivity contribution is 5.77. The minimum Gasteiger partial charge on any atom is -0.483 e. The van der Waals surface area contributed by atoms with E-state index in [4.69, 9.17) is 4.74 Å². The predicted octanol–water partition coefficient (Wildman–Crippen LogP) is 1.98. The highest BCUT2D eigenvalue weighted by Crippen LogP contribution is 2.26. The Morgan fingerprint density at radius 3 is 3.08 bits per heavy atom. The molecule has 0 spiro atoms. The van der Waals surface area contributed by atoms with Gasteiger partial charge >= 0.3 is 0 Å². The molecule has 1 atom stereocenters. The van der Waals surface area contributed by atoms with Crippen LogP contribution in [0.3, 0.4) is 0 Å². The third-order valence-corrected chi connectivity index (χ3v) is 4.56. The van der Waals surface area contributed by atoms with Gasteiger partial charge in [-0.3, -0.25) is 4.79 Å². The second-order valence-corrected chi connectivity index (χ2v) is 6.47. The molecule has 1 aromatic carbocycles. The van der Waals surface area contributed by atoms with Crippen molar-refractivity contribution in [2.45, 2.75) is 38.8 Å². The van der Waals surface area contributed by atoms with Crippen LogP contribution < -0.4 is 15.4 Å². The summed E-state index contributed by atoms with van der Waals surface area (Å²) in [5, 5.41) is 6.09. The summed E-state index contributed by atoms with van der Waals surface area (Å²) >= 11 is 0. The summed E-state index contributed by atoms with van der Waals surface area (Å²) in [7, 11) is 1.61. The number of amides is 1. The second kappa shape index (κ2) is 8.16. The van der Waals surface area contributed by atoms with E-state index in [2.05, 4.69) is 33.3 Å². The van der Waals surface area contributed by atoms with Crippen molar-refractivity contribution >= 4 is 5.91 Å². The van der Waals surface area contributed by atoms with Gasteiger partial charge < -0.3 is 19.9 Å². The lowest BCUT2D eigenvalue weighted by Crippen LogP contribution is -2.27. The third-order valence-electron chi connectivity index (χ3n) is 4.56. The molecule has 1 aliphatic rings. The summed E-state index contributed by atoms with van der Waals surface area (Å²) in [6.45, 7) is 4.76. The van der Waals surface area contributed by atoms with Crippen LogP contribution in [-0.2, 0) is 17.9 Å². The number of ether oxygens (including phenoxy) is 1. The number of para-hydroxylation sites is 1. The van der Waals surface area contributed by atoms with E-state index in [-0.39, 0.29) is 12.5 Å². The number of aryl methyl sites for hydroxylation is 2. The molecule has 134 valence electrons. The lowest BCUT2D eigenvalue weighted by Gasteiger charge is -2.23. The summed E-state index contributed by atoms with van der Waals surface area (Å²) in [4.78, 5) is 16.1. The second-order valence-electron chi connectivity index (χ2n) is 6.47. The molecule has 6 heteroatoms. The Kier molecular flexibility index (Phi) is 5.71. The number of imidazole rings is 1. The summed E-state index contributed by atoms with van der Waals surface area (Å²) in [6.07, 6.45) is 4.50. The maximum absolute atomic E-state index is 11.4. The summed E-state index contributed by atoms with van der Waals surface area (Å²) < 4.78 is 7.91. The quantitative estimate of drug-likeness (QED) is 0.807. The van der Waals surface area contributed by atoms with Crippen LogP contribution in [0.2, 0.25) is 0 Å². The van der Waals surface area contributed by atoms with Crippen molar-refractivity contribution in [1.82, 2.24) is 20.2 Å². The van der Waals surface area contributed by atoms with Crippen molar-refractivity contribution in [3.05, 3.63) is 47.5 Å². The number of nitrogens with one attached hydrogen (secondary N) is 2. The fourth-order valence-electron chi connectivity index (χ4n) is 3.29. The highest BCUT2D eigenvalue weighted by atomic mass is 16.5. The number of likely N-dealkylation sites (N-methyl/N-ethyl adjacent to an activating group) is 1. The molecule has 0 saturated carbocycles. The molecule has 6 nitrogen and oxygen atoms in total. The van der Waals surface area contributed by atoms with Crippen molar-refractivity contribution in [3.63, 3.8) is 0 Å². The number of aromatic nitrogens is 2. The maximum atomic E-state index is 11.4. The van der Waals surface area contributed by atoms with E-state index in [0.29, 0.717) is 12.5 Å². The Morgan fingerprint density at radius 2 is 2.24 bits per heavy atom. The summed E-state index contributed by atoms with van der Waals surface area (Å²) in [5.74, 6) is 2.26. The van der Waals surface area contributed by atoms with Crippen LogP contribution in [-0.4, -0.2) is 35.7 Å². The Morgan fingerprint density at radius 1 is 1.40 bits per heavy atom. The molecule has 0 fully saturated rings. The van der Waals surface area contributed by atoms with E-state index in [1.165, 1.54) is 12.2 Å². The first-order valence-corrected chi connectivity index (χ1v) is 8.83. The van der Waals surface area contributed by atoms with Crippen molar-refractivity contribution in [2.24, 2.45) is 0 Å². The molecule has 1 aliphatic heterocycles. The SMILES string of the molecule is CNC(=O)COc1ccccc1CNCC1CCCn2cc(C)nc21. The molecular formula is C19H26N4O2. The van der Waals surface area contributed by atoms with E-state index in [0.717, 1.165) is 36.5 Å². The van der Waals surface area contributed by atoms with Gasteiger partial charge in [-0.2, -0.15) is 0 Å². The van der Waals surface area contributed by atoms with Crippen LogP contribution in [0.4, 0.5) is 0 Å². The first kappa shape index (κ1) is 17.5. The molecule has 25 heavy (non-hydrogen) atoms. The molecule has 1 unspecified atom stereocenters. The van der Waals surface area contributed by atoms with E-state index >= 15 is 0 Å². The molecule has 2 N–H and O–H groups in total. The van der Waals surface area contributed by atoms with Crippen LogP contribution >= 0.6 is 0 Å². The minimum absolute atomic E-state index is 0.0346. The standard InChI is InChI=1S/C19H26N4O2/c1-14-12-23-9-5-7-16(19(23)22-14)11-21-10-15-6-3-4-8-17(15)25-13-18(24)20-2/h3-4,6,8,12,16,21H,5,7,9-11,13H2,1-2H3,(H,20,24). The van der Waals surface area contributed by atoms with Gasteiger partial charge in [0.25, 0.3) is 5.91 Å². The van der Waals surface area contributed by atoms with Gasteiger partial charge in [0.05, 0.1) is 5.69 Å². The van der Waals surface area contributed by atoms with E-state index in [1.807, 2.05) is 24.3 Å². The van der Waals surface area contributed by atoms with E-state index < -0.39 is 0 Å². The molecule has 3 rings (SSSR count). The van der Waals surface area contributed by atoms with Gasteiger partial charge in [-0.25, -0.2) is 4.98 Å². The number of nitrogens with zero attached hydrogens (tertiary/aromatic N) is 2. The van der Waals surface area contributed by atoms with Crippen LogP contribution in [0.15, 0.2) is 30.5 Å². The van der Waals surface area contributed by atoms with Gasteiger partial charge in [0, 0.05) is 44.4 Å². The van der Waals surface area contributed by atoms with Gasteiger partial charge in [0.15, 0.2) is 6.61 Å². The Balaban J connectivity index is 1.57. The predicted molar refractivity (Wildman–Crippen MR) is 96.6 cm³/mol. The van der Waals surface area contributed by atoms with Crippen LogP contribution in [0, 0.1) is 6.92 Å².